The summed E-state index contributed by atoms with van der Waals surface area (Å²) < 4.78 is 37.4. The summed E-state index contributed by atoms with van der Waals surface area (Å²) in [5, 5.41) is 2.97. The molecule has 1 fully saturated rings. The second-order valence-electron chi connectivity index (χ2n) is 4.43. The molecule has 19 heavy (non-hydrogen) atoms. The van der Waals surface area contributed by atoms with Gasteiger partial charge in [0.1, 0.15) is 11.9 Å². The Morgan fingerprint density at radius 2 is 2.16 bits per heavy atom. The highest BCUT2D eigenvalue weighted by Gasteiger charge is 2.42. The van der Waals surface area contributed by atoms with Gasteiger partial charge < -0.3 is 14.8 Å². The maximum Gasteiger partial charge on any atom is 0.150 e. The molecule has 1 aliphatic carbocycles. The molecule has 3 nitrogen and oxygen atoms in total. The minimum Gasteiger partial charge on any atom is -0.377 e. The predicted octanol–water partition coefficient (Wildman–Crippen LogP) is 3.22. The van der Waals surface area contributed by atoms with Crippen LogP contribution in [0.1, 0.15) is 13.3 Å². The Bertz CT molecular complexity index is 435. The number of anilines is 1. The van der Waals surface area contributed by atoms with E-state index in [9.17, 15) is 8.78 Å². The number of hydrogen-bond donors (Lipinski definition) is 1. The van der Waals surface area contributed by atoms with Crippen molar-refractivity contribution >= 4 is 17.3 Å². The zero-order valence-corrected chi connectivity index (χ0v) is 11.5. The van der Waals surface area contributed by atoms with Crippen LogP contribution in [-0.4, -0.2) is 32.0 Å². The van der Waals surface area contributed by atoms with Gasteiger partial charge in [0.05, 0.1) is 22.9 Å². The van der Waals surface area contributed by atoms with Crippen molar-refractivity contribution in [1.82, 2.24) is 0 Å². The highest BCUT2D eigenvalue weighted by molar-refractivity contribution is 6.33. The van der Waals surface area contributed by atoms with Gasteiger partial charge in [-0.15, -0.1) is 0 Å². The van der Waals surface area contributed by atoms with Gasteiger partial charge in [0.2, 0.25) is 0 Å². The molecule has 106 valence electrons. The zero-order chi connectivity index (χ0) is 14.0. The maximum atomic E-state index is 13.6. The first-order chi connectivity index (χ1) is 9.06. The Labute approximate surface area is 115 Å². The number of ether oxygens (including phenoxy) is 2. The van der Waals surface area contributed by atoms with Crippen LogP contribution in [0.3, 0.4) is 0 Å². The summed E-state index contributed by atoms with van der Waals surface area (Å²) in [7, 11) is 1.58. The third kappa shape index (κ3) is 2.99. The van der Waals surface area contributed by atoms with Crippen LogP contribution in [0.5, 0.6) is 0 Å². The molecule has 6 heteroatoms. The molecule has 3 atom stereocenters. The Morgan fingerprint density at radius 3 is 2.74 bits per heavy atom. The van der Waals surface area contributed by atoms with Gasteiger partial charge in [0.15, 0.2) is 5.82 Å². The first-order valence-electron chi connectivity index (χ1n) is 6.12. The third-order valence-electron chi connectivity index (χ3n) is 3.24. The number of hydrogen-bond acceptors (Lipinski definition) is 3. The quantitative estimate of drug-likeness (QED) is 0.903. The molecule has 0 bridgehead atoms. The van der Waals surface area contributed by atoms with Gasteiger partial charge in [-0.05, 0) is 19.4 Å². The van der Waals surface area contributed by atoms with Crippen molar-refractivity contribution < 1.29 is 18.3 Å². The lowest BCUT2D eigenvalue weighted by atomic mass is 9.85. The van der Waals surface area contributed by atoms with E-state index in [2.05, 4.69) is 5.32 Å². The lowest BCUT2D eigenvalue weighted by molar-refractivity contribution is -0.118. The fourth-order valence-corrected chi connectivity index (χ4v) is 2.53. The predicted molar refractivity (Wildman–Crippen MR) is 69.6 cm³/mol. The van der Waals surface area contributed by atoms with Gasteiger partial charge in [-0.25, -0.2) is 8.78 Å². The first-order valence-corrected chi connectivity index (χ1v) is 6.50. The Balaban J connectivity index is 2.07. The van der Waals surface area contributed by atoms with E-state index >= 15 is 0 Å². The van der Waals surface area contributed by atoms with Crippen LogP contribution in [0.2, 0.25) is 5.02 Å². The van der Waals surface area contributed by atoms with E-state index in [4.69, 9.17) is 21.1 Å². The molecule has 0 heterocycles. The van der Waals surface area contributed by atoms with Crippen molar-refractivity contribution in [3.63, 3.8) is 0 Å². The summed E-state index contributed by atoms with van der Waals surface area (Å²) in [6.07, 6.45) is 0.523. The van der Waals surface area contributed by atoms with Crippen molar-refractivity contribution in [3.8, 4) is 0 Å². The second-order valence-corrected chi connectivity index (χ2v) is 4.83. The highest BCUT2D eigenvalue weighted by Crippen LogP contribution is 2.33. The van der Waals surface area contributed by atoms with Crippen LogP contribution >= 0.6 is 11.6 Å². The van der Waals surface area contributed by atoms with E-state index < -0.39 is 11.6 Å². The minimum atomic E-state index is -0.709. The molecule has 0 radical (unpaired) electrons. The lowest BCUT2D eigenvalue weighted by Crippen LogP contribution is -2.57. The van der Waals surface area contributed by atoms with Gasteiger partial charge >= 0.3 is 0 Å². The average molecular weight is 292 g/mol. The van der Waals surface area contributed by atoms with Crippen LogP contribution in [0.25, 0.3) is 0 Å². The molecule has 1 aromatic carbocycles. The molecule has 2 rings (SSSR count). The number of benzene rings is 1. The number of rotatable bonds is 5. The van der Waals surface area contributed by atoms with Crippen molar-refractivity contribution in [3.05, 3.63) is 28.8 Å². The van der Waals surface area contributed by atoms with E-state index in [0.717, 1.165) is 12.1 Å². The molecular formula is C13H16ClF2NO2. The molecule has 0 saturated heterocycles. The number of nitrogens with one attached hydrogen (secondary N) is 1. The van der Waals surface area contributed by atoms with E-state index in [1.54, 1.807) is 7.11 Å². The minimum absolute atomic E-state index is 0.00483. The molecular weight excluding hydrogens is 276 g/mol. The second kappa shape index (κ2) is 6.03. The summed E-state index contributed by atoms with van der Waals surface area (Å²) >= 11 is 5.83. The molecule has 1 aromatic rings. The molecule has 1 aliphatic rings. The molecule has 3 unspecified atom stereocenters. The Kier molecular flexibility index (Phi) is 4.60. The lowest BCUT2D eigenvalue weighted by Gasteiger charge is -2.43. The summed E-state index contributed by atoms with van der Waals surface area (Å²) in [6, 6.07) is 1.78. The molecule has 0 amide bonds. The van der Waals surface area contributed by atoms with Gasteiger partial charge in [0, 0.05) is 19.8 Å². The summed E-state index contributed by atoms with van der Waals surface area (Å²) in [5.41, 5.74) is 0.102. The standard InChI is InChI=1S/C13H16ClF2NO2/c1-3-19-11-6-10(13(11)18-2)17-12-8(14)4-7(15)5-9(12)16/h4-5,10-11,13,17H,3,6H2,1-2H3. The van der Waals surface area contributed by atoms with Gasteiger partial charge in [-0.2, -0.15) is 0 Å². The van der Waals surface area contributed by atoms with E-state index in [1.807, 2.05) is 6.92 Å². The fourth-order valence-electron chi connectivity index (χ4n) is 2.28. The highest BCUT2D eigenvalue weighted by atomic mass is 35.5. The monoisotopic (exact) mass is 291 g/mol. The number of halogens is 3. The number of methoxy groups -OCH3 is 1. The van der Waals surface area contributed by atoms with E-state index in [-0.39, 0.29) is 29.0 Å². The van der Waals surface area contributed by atoms with Crippen molar-refractivity contribution in [2.24, 2.45) is 0 Å². The Hall–Kier alpha value is -0.910. The van der Waals surface area contributed by atoms with Crippen molar-refractivity contribution in [1.29, 1.82) is 0 Å². The molecule has 1 N–H and O–H groups in total. The van der Waals surface area contributed by atoms with Gasteiger partial charge in [-0.3, -0.25) is 0 Å². The van der Waals surface area contributed by atoms with Crippen molar-refractivity contribution in [2.45, 2.75) is 31.6 Å². The van der Waals surface area contributed by atoms with E-state index in [0.29, 0.717) is 13.0 Å². The maximum absolute atomic E-state index is 13.6. The van der Waals surface area contributed by atoms with Crippen molar-refractivity contribution in [2.75, 3.05) is 19.0 Å². The smallest absolute Gasteiger partial charge is 0.150 e. The largest absolute Gasteiger partial charge is 0.377 e. The van der Waals surface area contributed by atoms with Crippen LogP contribution in [0.4, 0.5) is 14.5 Å². The van der Waals surface area contributed by atoms with Crippen LogP contribution in [-0.2, 0) is 9.47 Å². The third-order valence-corrected chi connectivity index (χ3v) is 3.54. The summed E-state index contributed by atoms with van der Waals surface area (Å²) in [4.78, 5) is 0. The molecule has 0 aromatic heterocycles. The van der Waals surface area contributed by atoms with Crippen LogP contribution in [0.15, 0.2) is 12.1 Å². The zero-order valence-electron chi connectivity index (χ0n) is 10.8. The average Bonchev–Trinajstić information content (AvgIpc) is 2.31. The summed E-state index contributed by atoms with van der Waals surface area (Å²) in [6.45, 7) is 2.51. The van der Waals surface area contributed by atoms with Crippen LogP contribution < -0.4 is 5.32 Å². The SMILES string of the molecule is CCOC1CC(Nc2c(F)cc(F)cc2Cl)C1OC. The molecule has 1 saturated carbocycles. The fraction of sp³-hybridized carbons (Fsp3) is 0.538. The summed E-state index contributed by atoms with van der Waals surface area (Å²) in [5.74, 6) is -1.41. The van der Waals surface area contributed by atoms with E-state index in [1.165, 1.54) is 0 Å². The molecule has 0 spiro atoms. The van der Waals surface area contributed by atoms with Gasteiger partial charge in [-0.1, -0.05) is 11.6 Å². The van der Waals surface area contributed by atoms with Crippen LogP contribution in [0, 0.1) is 11.6 Å². The van der Waals surface area contributed by atoms with Gasteiger partial charge in [0.25, 0.3) is 0 Å². The first kappa shape index (κ1) is 14.5. The Morgan fingerprint density at radius 1 is 1.42 bits per heavy atom. The topological polar surface area (TPSA) is 30.5 Å². The normalized spacial score (nSPS) is 26.1. The molecule has 0 aliphatic heterocycles.